The van der Waals surface area contributed by atoms with Crippen molar-refractivity contribution in [3.8, 4) is 0 Å². The summed E-state index contributed by atoms with van der Waals surface area (Å²) in [5.74, 6) is -2.81. The zero-order chi connectivity index (χ0) is 9.30. The molecular formula is C6H6N2O4. The average molecular weight is 170 g/mol. The molecule has 0 aromatic rings. The lowest BCUT2D eigenvalue weighted by Crippen LogP contribution is -2.50. The van der Waals surface area contributed by atoms with Gasteiger partial charge in [-0.15, -0.1) is 0 Å². The quantitative estimate of drug-likeness (QED) is 0.480. The second-order valence-corrected chi connectivity index (χ2v) is 2.16. The van der Waals surface area contributed by atoms with E-state index in [1.165, 1.54) is 0 Å². The molecule has 0 saturated carbocycles. The molecule has 0 saturated heterocycles. The lowest BCUT2D eigenvalue weighted by Gasteiger charge is -2.17. The number of amides is 2. The Labute approximate surface area is 67.2 Å². The van der Waals surface area contributed by atoms with Crippen molar-refractivity contribution in [1.29, 1.82) is 0 Å². The highest BCUT2D eigenvalue weighted by molar-refractivity contribution is 6.14. The lowest BCUT2D eigenvalue weighted by atomic mass is 10.4. The van der Waals surface area contributed by atoms with E-state index in [2.05, 4.69) is 0 Å². The van der Waals surface area contributed by atoms with Gasteiger partial charge in [0.05, 0.1) is 0 Å². The van der Waals surface area contributed by atoms with Crippen LogP contribution in [0.25, 0.3) is 0 Å². The minimum absolute atomic E-state index is 0.475. The largest absolute Gasteiger partial charge is 0.479 e. The molecule has 0 aromatic heterocycles. The van der Waals surface area contributed by atoms with Gasteiger partial charge >= 0.3 is 5.97 Å². The van der Waals surface area contributed by atoms with Crippen molar-refractivity contribution < 1.29 is 19.5 Å². The molecule has 0 aromatic carbocycles. The number of carbonyl (C=O) groups is 3. The van der Waals surface area contributed by atoms with Crippen LogP contribution in [0.2, 0.25) is 0 Å². The molecule has 12 heavy (non-hydrogen) atoms. The molecule has 3 N–H and O–H groups in total. The molecule has 0 fully saturated rings. The molecule has 64 valence electrons. The first-order valence-electron chi connectivity index (χ1n) is 3.07. The summed E-state index contributed by atoms with van der Waals surface area (Å²) >= 11 is 0. The maximum atomic E-state index is 10.8. The fourth-order valence-corrected chi connectivity index (χ4v) is 0.796. The van der Waals surface area contributed by atoms with Crippen LogP contribution in [0.4, 0.5) is 0 Å². The highest BCUT2D eigenvalue weighted by atomic mass is 16.4. The van der Waals surface area contributed by atoms with Crippen LogP contribution in [0.1, 0.15) is 0 Å². The van der Waals surface area contributed by atoms with Crippen molar-refractivity contribution in [2.45, 2.75) is 6.17 Å². The molecular weight excluding hydrogens is 164 g/mol. The zero-order valence-corrected chi connectivity index (χ0v) is 5.93. The van der Waals surface area contributed by atoms with E-state index in [9.17, 15) is 14.4 Å². The predicted molar refractivity (Wildman–Crippen MR) is 36.6 cm³/mol. The van der Waals surface area contributed by atoms with E-state index >= 15 is 0 Å². The van der Waals surface area contributed by atoms with Gasteiger partial charge in [-0.25, -0.2) is 9.69 Å². The number of hydrogen-bond donors (Lipinski definition) is 2. The van der Waals surface area contributed by atoms with E-state index in [1.54, 1.807) is 0 Å². The number of rotatable bonds is 2. The van der Waals surface area contributed by atoms with Gasteiger partial charge in [0.1, 0.15) is 0 Å². The van der Waals surface area contributed by atoms with Crippen LogP contribution in [0, 0.1) is 0 Å². The van der Waals surface area contributed by atoms with Crippen LogP contribution >= 0.6 is 0 Å². The first-order chi connectivity index (χ1) is 5.54. The van der Waals surface area contributed by atoms with Crippen molar-refractivity contribution in [1.82, 2.24) is 4.90 Å². The van der Waals surface area contributed by atoms with Crippen LogP contribution in [0.15, 0.2) is 12.2 Å². The monoisotopic (exact) mass is 170 g/mol. The summed E-state index contributed by atoms with van der Waals surface area (Å²) in [6.45, 7) is 0. The number of carboxylic acid groups (broad SMARTS) is 1. The van der Waals surface area contributed by atoms with E-state index in [1.807, 2.05) is 0 Å². The molecule has 6 nitrogen and oxygen atoms in total. The fourth-order valence-electron chi connectivity index (χ4n) is 0.796. The zero-order valence-electron chi connectivity index (χ0n) is 5.93. The van der Waals surface area contributed by atoms with Gasteiger partial charge in [0.15, 0.2) is 6.17 Å². The molecule has 1 aliphatic heterocycles. The van der Waals surface area contributed by atoms with Gasteiger partial charge in [-0.1, -0.05) is 0 Å². The topological polar surface area (TPSA) is 101 Å². The van der Waals surface area contributed by atoms with Crippen molar-refractivity contribution >= 4 is 17.8 Å². The Bertz CT molecular complexity index is 265. The maximum absolute atomic E-state index is 10.8. The summed E-state index contributed by atoms with van der Waals surface area (Å²) in [6, 6.07) is 0. The summed E-state index contributed by atoms with van der Waals surface area (Å²) in [4.78, 5) is 32.4. The van der Waals surface area contributed by atoms with Crippen molar-refractivity contribution in [2.24, 2.45) is 5.73 Å². The smallest absolute Gasteiger partial charge is 0.341 e. The third kappa shape index (κ3) is 1.19. The minimum Gasteiger partial charge on any atom is -0.479 e. The van der Waals surface area contributed by atoms with Gasteiger partial charge in [0.25, 0.3) is 11.8 Å². The summed E-state index contributed by atoms with van der Waals surface area (Å²) < 4.78 is 0. The van der Waals surface area contributed by atoms with Gasteiger partial charge in [0.2, 0.25) is 0 Å². The van der Waals surface area contributed by atoms with Gasteiger partial charge in [-0.05, 0) is 0 Å². The van der Waals surface area contributed by atoms with Crippen molar-refractivity contribution in [3.63, 3.8) is 0 Å². The summed E-state index contributed by atoms with van der Waals surface area (Å²) in [5.41, 5.74) is 5.05. The molecule has 1 heterocycles. The van der Waals surface area contributed by atoms with Gasteiger partial charge < -0.3 is 10.8 Å². The Kier molecular flexibility index (Phi) is 1.92. The predicted octanol–water partition coefficient (Wildman–Crippen LogP) is -1.72. The number of aliphatic carboxylic acids is 1. The number of nitrogens with two attached hydrogens (primary N) is 1. The summed E-state index contributed by atoms with van der Waals surface area (Å²) in [7, 11) is 0. The second kappa shape index (κ2) is 2.74. The van der Waals surface area contributed by atoms with E-state index in [4.69, 9.17) is 10.8 Å². The highest BCUT2D eigenvalue weighted by Gasteiger charge is 2.32. The number of imide groups is 1. The minimum atomic E-state index is -1.60. The normalized spacial score (nSPS) is 18.6. The molecule has 0 aliphatic carbocycles. The third-order valence-corrected chi connectivity index (χ3v) is 1.37. The van der Waals surface area contributed by atoms with E-state index < -0.39 is 23.9 Å². The Balaban J connectivity index is 2.83. The molecule has 0 spiro atoms. The first-order valence-corrected chi connectivity index (χ1v) is 3.07. The summed E-state index contributed by atoms with van der Waals surface area (Å²) in [6.07, 6.45) is 0.357. The Morgan fingerprint density at radius 1 is 1.42 bits per heavy atom. The molecule has 1 aliphatic rings. The number of carboxylic acids is 1. The average Bonchev–Trinajstić information content (AvgIpc) is 2.30. The van der Waals surface area contributed by atoms with Crippen LogP contribution in [-0.4, -0.2) is 34.0 Å². The third-order valence-electron chi connectivity index (χ3n) is 1.37. The highest BCUT2D eigenvalue weighted by Crippen LogP contribution is 2.05. The van der Waals surface area contributed by atoms with E-state index in [0.717, 1.165) is 12.2 Å². The molecule has 6 heteroatoms. The molecule has 1 unspecified atom stereocenters. The molecule has 1 atom stereocenters. The van der Waals surface area contributed by atoms with Crippen LogP contribution in [0.3, 0.4) is 0 Å². The number of hydrogen-bond acceptors (Lipinski definition) is 4. The molecule has 1 rings (SSSR count). The standard InChI is InChI=1S/C6H6N2O4/c7-5(6(11)12)8-3(9)1-2-4(8)10/h1-2,5H,7H2,(H,11,12). The molecule has 0 bridgehead atoms. The summed E-state index contributed by atoms with van der Waals surface area (Å²) in [5, 5.41) is 8.38. The fraction of sp³-hybridized carbons (Fsp3) is 0.167. The number of nitrogens with zero attached hydrogens (tertiary/aromatic N) is 1. The Morgan fingerprint density at radius 2 is 1.83 bits per heavy atom. The van der Waals surface area contributed by atoms with Gasteiger partial charge in [0, 0.05) is 12.2 Å². The second-order valence-electron chi connectivity index (χ2n) is 2.16. The number of carbonyl (C=O) groups excluding carboxylic acids is 2. The van der Waals surface area contributed by atoms with Crippen LogP contribution < -0.4 is 5.73 Å². The Morgan fingerprint density at radius 3 is 2.17 bits per heavy atom. The molecule has 2 amide bonds. The van der Waals surface area contributed by atoms with Gasteiger partial charge in [-0.3, -0.25) is 9.59 Å². The van der Waals surface area contributed by atoms with Crippen LogP contribution in [0.5, 0.6) is 0 Å². The SMILES string of the molecule is NC(C(=O)O)N1C(=O)C=CC1=O. The van der Waals surface area contributed by atoms with Crippen LogP contribution in [-0.2, 0) is 14.4 Å². The molecule has 0 radical (unpaired) electrons. The van der Waals surface area contributed by atoms with Gasteiger partial charge in [-0.2, -0.15) is 0 Å². The maximum Gasteiger partial charge on any atom is 0.341 e. The van der Waals surface area contributed by atoms with E-state index in [-0.39, 0.29) is 0 Å². The van der Waals surface area contributed by atoms with Crippen molar-refractivity contribution in [3.05, 3.63) is 12.2 Å². The Hall–Kier alpha value is -1.69. The van der Waals surface area contributed by atoms with Crippen molar-refractivity contribution in [2.75, 3.05) is 0 Å². The lowest BCUT2D eigenvalue weighted by molar-refractivity contribution is -0.153. The van der Waals surface area contributed by atoms with E-state index in [0.29, 0.717) is 4.90 Å². The first kappa shape index (κ1) is 8.41.